The number of hydrogen-bond donors (Lipinski definition) is 0. The van der Waals surface area contributed by atoms with Crippen LogP contribution in [0.5, 0.6) is 0 Å². The van der Waals surface area contributed by atoms with Gasteiger partial charge in [-0.1, -0.05) is 0 Å². The zero-order valence-electron chi connectivity index (χ0n) is 9.70. The Labute approximate surface area is 99.9 Å². The van der Waals surface area contributed by atoms with E-state index in [0.29, 0.717) is 15.0 Å². The Morgan fingerprint density at radius 3 is 2.60 bits per heavy atom. The van der Waals surface area contributed by atoms with E-state index >= 15 is 0 Å². The fourth-order valence-electron chi connectivity index (χ4n) is 1.42. The van der Waals surface area contributed by atoms with Crippen molar-refractivity contribution in [1.29, 1.82) is 0 Å². The van der Waals surface area contributed by atoms with Gasteiger partial charge in [0.2, 0.25) is 0 Å². The molecule has 1 aromatic rings. The summed E-state index contributed by atoms with van der Waals surface area (Å²) < 4.78 is 3.04. The van der Waals surface area contributed by atoms with Crippen LogP contribution in [0.15, 0.2) is 40.9 Å². The Balaban J connectivity index is 2.32. The van der Waals surface area contributed by atoms with Crippen molar-refractivity contribution in [3.05, 3.63) is 40.9 Å². The molecule has 0 aliphatic carbocycles. The fourth-order valence-corrected chi connectivity index (χ4v) is 3.23. The van der Waals surface area contributed by atoms with Crippen LogP contribution in [0, 0.1) is 0 Å². The Kier molecular flexibility index (Phi) is 6.47. The van der Waals surface area contributed by atoms with Crippen molar-refractivity contribution in [1.82, 2.24) is 0 Å². The molecule has 15 heavy (non-hydrogen) atoms. The first-order valence-corrected chi connectivity index (χ1v) is 7.44. The van der Waals surface area contributed by atoms with Crippen LogP contribution in [0.2, 0.25) is 0 Å². The first-order valence-electron chi connectivity index (χ1n) is 5.72. The third kappa shape index (κ3) is 5.81. The number of hydrogen-bond acceptors (Lipinski definition) is 0. The van der Waals surface area contributed by atoms with E-state index < -0.39 is 0 Å². The summed E-state index contributed by atoms with van der Waals surface area (Å²) in [4.78, 5) is 0. The second-order valence-electron chi connectivity index (χ2n) is 3.73. The summed E-state index contributed by atoms with van der Waals surface area (Å²) in [5.41, 5.74) is 0. The van der Waals surface area contributed by atoms with Crippen LogP contribution in [0.1, 0.15) is 39.5 Å². The van der Waals surface area contributed by atoms with Crippen LogP contribution in [0.25, 0.3) is 0 Å². The molecular weight excluding hydrogens is 247 g/mol. The number of allylic oxidation sites excluding steroid dienone is 2. The van der Waals surface area contributed by atoms with E-state index in [1.807, 2.05) is 0 Å². The van der Waals surface area contributed by atoms with Gasteiger partial charge in [-0.25, -0.2) is 0 Å². The van der Waals surface area contributed by atoms with E-state index in [4.69, 9.17) is 0 Å². The van der Waals surface area contributed by atoms with Crippen molar-refractivity contribution in [2.45, 2.75) is 39.5 Å². The molecule has 1 heteroatoms. The summed E-state index contributed by atoms with van der Waals surface area (Å²) in [5, 5.41) is 0. The minimum atomic E-state index is 0.535. The zero-order valence-corrected chi connectivity index (χ0v) is 11.4. The SMILES string of the molecule is CCCCC/C=C(/C)[Se]c1ccccc1. The molecule has 0 unspecified atom stereocenters. The molecule has 0 saturated heterocycles. The summed E-state index contributed by atoms with van der Waals surface area (Å²) in [5.74, 6) is 0. The van der Waals surface area contributed by atoms with Crippen molar-refractivity contribution >= 4 is 19.4 Å². The molecule has 82 valence electrons. The summed E-state index contributed by atoms with van der Waals surface area (Å²) in [7, 11) is 0. The second kappa shape index (κ2) is 7.73. The number of benzene rings is 1. The van der Waals surface area contributed by atoms with E-state index in [1.54, 1.807) is 4.47 Å². The topological polar surface area (TPSA) is 0 Å². The van der Waals surface area contributed by atoms with Gasteiger partial charge in [-0.05, 0) is 0 Å². The van der Waals surface area contributed by atoms with E-state index in [2.05, 4.69) is 50.3 Å². The molecule has 0 saturated carbocycles. The van der Waals surface area contributed by atoms with E-state index in [9.17, 15) is 0 Å². The second-order valence-corrected chi connectivity index (χ2v) is 6.49. The van der Waals surface area contributed by atoms with Gasteiger partial charge in [-0.2, -0.15) is 0 Å². The standard InChI is InChI=1S/C14H20Se/c1-3-4-5-7-10-13(2)15-14-11-8-6-9-12-14/h6,8-12H,3-5,7H2,1-2H3/b13-10-. The molecule has 0 aliphatic heterocycles. The molecule has 0 spiro atoms. The van der Waals surface area contributed by atoms with Gasteiger partial charge < -0.3 is 0 Å². The van der Waals surface area contributed by atoms with Crippen molar-refractivity contribution in [3.8, 4) is 0 Å². The first kappa shape index (κ1) is 12.5. The first-order chi connectivity index (χ1) is 7.33. The Morgan fingerprint density at radius 2 is 1.93 bits per heavy atom. The van der Waals surface area contributed by atoms with Crippen LogP contribution < -0.4 is 4.46 Å². The van der Waals surface area contributed by atoms with E-state index in [0.717, 1.165) is 0 Å². The minimum absolute atomic E-state index is 0.535. The van der Waals surface area contributed by atoms with Crippen molar-refractivity contribution < 1.29 is 0 Å². The molecule has 0 aliphatic rings. The van der Waals surface area contributed by atoms with Gasteiger partial charge in [0.25, 0.3) is 0 Å². The van der Waals surface area contributed by atoms with Crippen LogP contribution in [-0.4, -0.2) is 15.0 Å². The molecule has 0 aromatic heterocycles. The molecule has 0 heterocycles. The van der Waals surface area contributed by atoms with Crippen LogP contribution in [0.4, 0.5) is 0 Å². The van der Waals surface area contributed by atoms with Gasteiger partial charge in [-0.15, -0.1) is 0 Å². The van der Waals surface area contributed by atoms with E-state index in [1.165, 1.54) is 30.1 Å². The van der Waals surface area contributed by atoms with Crippen LogP contribution in [-0.2, 0) is 0 Å². The third-order valence-corrected chi connectivity index (χ3v) is 4.35. The van der Waals surface area contributed by atoms with E-state index in [-0.39, 0.29) is 0 Å². The normalized spacial score (nSPS) is 11.7. The number of rotatable bonds is 6. The van der Waals surface area contributed by atoms with Gasteiger partial charge in [0.15, 0.2) is 0 Å². The average Bonchev–Trinajstić information content (AvgIpc) is 2.26. The molecule has 0 atom stereocenters. The molecule has 0 radical (unpaired) electrons. The Morgan fingerprint density at radius 1 is 1.20 bits per heavy atom. The van der Waals surface area contributed by atoms with Crippen molar-refractivity contribution in [2.75, 3.05) is 0 Å². The molecule has 1 rings (SSSR count). The summed E-state index contributed by atoms with van der Waals surface area (Å²) in [6.07, 6.45) is 7.70. The molecule has 0 amide bonds. The molecule has 0 nitrogen and oxygen atoms in total. The van der Waals surface area contributed by atoms with Crippen LogP contribution >= 0.6 is 0 Å². The Hall–Kier alpha value is -0.521. The predicted octanol–water partition coefficient (Wildman–Crippen LogP) is 3.50. The maximum absolute atomic E-state index is 2.42. The van der Waals surface area contributed by atoms with Crippen molar-refractivity contribution in [2.24, 2.45) is 0 Å². The molecule has 0 bridgehead atoms. The third-order valence-electron chi connectivity index (χ3n) is 2.26. The monoisotopic (exact) mass is 268 g/mol. The van der Waals surface area contributed by atoms with Gasteiger partial charge in [0, 0.05) is 0 Å². The Bertz CT molecular complexity index is 287. The van der Waals surface area contributed by atoms with Crippen LogP contribution in [0.3, 0.4) is 0 Å². The molecule has 1 aromatic carbocycles. The quantitative estimate of drug-likeness (QED) is 0.546. The predicted molar refractivity (Wildman–Crippen MR) is 69.7 cm³/mol. The average molecular weight is 267 g/mol. The maximum atomic E-state index is 2.42. The summed E-state index contributed by atoms with van der Waals surface area (Å²) in [6, 6.07) is 10.8. The van der Waals surface area contributed by atoms with Gasteiger partial charge in [0.05, 0.1) is 0 Å². The van der Waals surface area contributed by atoms with Gasteiger partial charge in [-0.3, -0.25) is 0 Å². The summed E-state index contributed by atoms with van der Waals surface area (Å²) in [6.45, 7) is 4.52. The van der Waals surface area contributed by atoms with Gasteiger partial charge >= 0.3 is 99.8 Å². The fraction of sp³-hybridized carbons (Fsp3) is 0.429. The number of unbranched alkanes of at least 4 members (excludes halogenated alkanes) is 3. The summed E-state index contributed by atoms with van der Waals surface area (Å²) >= 11 is 0.535. The molecule has 0 fully saturated rings. The molecule has 0 N–H and O–H groups in total. The molecular formula is C14H20Se. The van der Waals surface area contributed by atoms with Gasteiger partial charge in [0.1, 0.15) is 0 Å². The zero-order chi connectivity index (χ0) is 10.9. The van der Waals surface area contributed by atoms with Crippen molar-refractivity contribution in [3.63, 3.8) is 0 Å².